The standard InChI is InChI=1S/C18H35NO3/c1-2-3-4-5-6-7-8-9-11-14-17(20)19-16-13-10-12-15-18(21)22/h2-16H2,1H3,(H,19,20)(H,21,22)/p-1. The summed E-state index contributed by atoms with van der Waals surface area (Å²) in [6.45, 7) is 2.89. The quantitative estimate of drug-likeness (QED) is 0.444. The Morgan fingerprint density at radius 3 is 1.82 bits per heavy atom. The highest BCUT2D eigenvalue weighted by Gasteiger charge is 2.00. The second-order valence-electron chi connectivity index (χ2n) is 6.11. The number of hydrogen-bond donors (Lipinski definition) is 1. The Labute approximate surface area is 136 Å². The zero-order chi connectivity index (χ0) is 16.5. The summed E-state index contributed by atoms with van der Waals surface area (Å²) in [5.41, 5.74) is 0. The number of aliphatic carboxylic acids is 1. The molecule has 0 aromatic rings. The molecule has 0 aromatic heterocycles. The summed E-state index contributed by atoms with van der Waals surface area (Å²) in [4.78, 5) is 21.8. The van der Waals surface area contributed by atoms with Gasteiger partial charge in [-0.1, -0.05) is 64.7 Å². The Balaban J connectivity index is 3.17. The molecule has 0 bridgehead atoms. The molecule has 0 heterocycles. The highest BCUT2D eigenvalue weighted by Crippen LogP contribution is 2.10. The largest absolute Gasteiger partial charge is 0.550 e. The van der Waals surface area contributed by atoms with Gasteiger partial charge in [0.05, 0.1) is 0 Å². The maximum atomic E-state index is 11.6. The van der Waals surface area contributed by atoms with Crippen molar-refractivity contribution < 1.29 is 14.7 Å². The first-order valence-electron chi connectivity index (χ1n) is 9.13. The van der Waals surface area contributed by atoms with Crippen LogP contribution in [0.1, 0.15) is 96.8 Å². The van der Waals surface area contributed by atoms with Gasteiger partial charge in [0.15, 0.2) is 0 Å². The number of unbranched alkanes of at least 4 members (excludes halogenated alkanes) is 10. The van der Waals surface area contributed by atoms with Crippen molar-refractivity contribution >= 4 is 11.9 Å². The second kappa shape index (κ2) is 16.3. The van der Waals surface area contributed by atoms with Crippen molar-refractivity contribution in [1.29, 1.82) is 0 Å². The Kier molecular flexibility index (Phi) is 15.5. The smallest absolute Gasteiger partial charge is 0.219 e. The molecule has 0 aliphatic carbocycles. The van der Waals surface area contributed by atoms with Gasteiger partial charge in [0, 0.05) is 18.9 Å². The summed E-state index contributed by atoms with van der Waals surface area (Å²) in [5, 5.41) is 13.1. The molecule has 0 saturated carbocycles. The van der Waals surface area contributed by atoms with E-state index in [1.165, 1.54) is 44.9 Å². The number of carboxylic acid groups (broad SMARTS) is 1. The third kappa shape index (κ3) is 17.0. The van der Waals surface area contributed by atoms with E-state index in [4.69, 9.17) is 0 Å². The minimum absolute atomic E-state index is 0.117. The van der Waals surface area contributed by atoms with Gasteiger partial charge in [0.1, 0.15) is 0 Å². The molecule has 0 fully saturated rings. The molecule has 1 N–H and O–H groups in total. The molecule has 0 saturated heterocycles. The highest BCUT2D eigenvalue weighted by atomic mass is 16.4. The van der Waals surface area contributed by atoms with E-state index < -0.39 is 5.97 Å². The molecular formula is C18H34NO3-. The maximum Gasteiger partial charge on any atom is 0.219 e. The van der Waals surface area contributed by atoms with Crippen LogP contribution in [-0.2, 0) is 9.59 Å². The van der Waals surface area contributed by atoms with Crippen molar-refractivity contribution in [1.82, 2.24) is 5.32 Å². The second-order valence-corrected chi connectivity index (χ2v) is 6.11. The predicted octanol–water partition coefficient (Wildman–Crippen LogP) is 3.33. The third-order valence-electron chi connectivity index (χ3n) is 3.89. The van der Waals surface area contributed by atoms with Crippen molar-refractivity contribution in [3.8, 4) is 0 Å². The van der Waals surface area contributed by atoms with Crippen LogP contribution in [0.5, 0.6) is 0 Å². The fourth-order valence-corrected chi connectivity index (χ4v) is 2.48. The summed E-state index contributed by atoms with van der Waals surface area (Å²) in [6, 6.07) is 0. The SMILES string of the molecule is CCCCCCCCCCCC(=O)NCCCCCC(=O)[O-]. The zero-order valence-electron chi connectivity index (χ0n) is 14.3. The van der Waals surface area contributed by atoms with Gasteiger partial charge in [-0.05, 0) is 25.7 Å². The monoisotopic (exact) mass is 312 g/mol. The molecule has 0 radical (unpaired) electrons. The van der Waals surface area contributed by atoms with E-state index in [1.807, 2.05) is 0 Å². The predicted molar refractivity (Wildman–Crippen MR) is 88.3 cm³/mol. The summed E-state index contributed by atoms with van der Waals surface area (Å²) in [5.74, 6) is -0.864. The molecular weight excluding hydrogens is 278 g/mol. The lowest BCUT2D eigenvalue weighted by atomic mass is 10.1. The van der Waals surface area contributed by atoms with Crippen LogP contribution in [0.4, 0.5) is 0 Å². The molecule has 1 amide bonds. The summed E-state index contributed by atoms with van der Waals surface area (Å²) in [7, 11) is 0. The molecule has 130 valence electrons. The van der Waals surface area contributed by atoms with E-state index in [9.17, 15) is 14.7 Å². The van der Waals surface area contributed by atoms with Crippen molar-refractivity contribution in [3.05, 3.63) is 0 Å². The van der Waals surface area contributed by atoms with Crippen LogP contribution in [0.2, 0.25) is 0 Å². The van der Waals surface area contributed by atoms with Gasteiger partial charge in [-0.3, -0.25) is 4.79 Å². The molecule has 0 aliphatic rings. The molecule has 0 aliphatic heterocycles. The van der Waals surface area contributed by atoms with Crippen molar-refractivity contribution in [2.24, 2.45) is 0 Å². The zero-order valence-corrected chi connectivity index (χ0v) is 14.3. The Morgan fingerprint density at radius 2 is 1.23 bits per heavy atom. The number of nitrogens with one attached hydrogen (secondary N) is 1. The number of carbonyl (C=O) groups excluding carboxylic acids is 2. The average molecular weight is 312 g/mol. The Bertz CT molecular complexity index is 280. The molecule has 0 atom stereocenters. The van der Waals surface area contributed by atoms with Crippen LogP contribution in [0.25, 0.3) is 0 Å². The lowest BCUT2D eigenvalue weighted by Crippen LogP contribution is -2.24. The molecule has 0 spiro atoms. The van der Waals surface area contributed by atoms with Crippen LogP contribution in [0.3, 0.4) is 0 Å². The van der Waals surface area contributed by atoms with Crippen LogP contribution >= 0.6 is 0 Å². The minimum Gasteiger partial charge on any atom is -0.550 e. The summed E-state index contributed by atoms with van der Waals surface area (Å²) >= 11 is 0. The molecule has 0 aromatic carbocycles. The molecule has 4 heteroatoms. The summed E-state index contributed by atoms with van der Waals surface area (Å²) < 4.78 is 0. The lowest BCUT2D eigenvalue weighted by Gasteiger charge is -2.06. The van der Waals surface area contributed by atoms with E-state index in [2.05, 4.69) is 12.2 Å². The van der Waals surface area contributed by atoms with Crippen molar-refractivity contribution in [2.75, 3.05) is 6.54 Å². The van der Waals surface area contributed by atoms with E-state index in [1.54, 1.807) is 0 Å². The Morgan fingerprint density at radius 1 is 0.727 bits per heavy atom. The van der Waals surface area contributed by atoms with Gasteiger partial charge in [-0.2, -0.15) is 0 Å². The number of amides is 1. The fraction of sp³-hybridized carbons (Fsp3) is 0.889. The van der Waals surface area contributed by atoms with Crippen molar-refractivity contribution in [3.63, 3.8) is 0 Å². The van der Waals surface area contributed by atoms with Crippen LogP contribution in [0.15, 0.2) is 0 Å². The van der Waals surface area contributed by atoms with Crippen LogP contribution in [0, 0.1) is 0 Å². The van der Waals surface area contributed by atoms with Crippen molar-refractivity contribution in [2.45, 2.75) is 96.8 Å². The van der Waals surface area contributed by atoms with Gasteiger partial charge in [0.2, 0.25) is 5.91 Å². The van der Waals surface area contributed by atoms with E-state index in [0.717, 1.165) is 25.7 Å². The van der Waals surface area contributed by atoms with Gasteiger partial charge in [-0.25, -0.2) is 0 Å². The average Bonchev–Trinajstić information content (AvgIpc) is 2.48. The third-order valence-corrected chi connectivity index (χ3v) is 3.89. The minimum atomic E-state index is -0.991. The van der Waals surface area contributed by atoms with Gasteiger partial charge >= 0.3 is 0 Å². The van der Waals surface area contributed by atoms with E-state index in [0.29, 0.717) is 19.4 Å². The molecule has 4 nitrogen and oxygen atoms in total. The van der Waals surface area contributed by atoms with Crippen LogP contribution < -0.4 is 10.4 Å². The normalized spacial score (nSPS) is 10.6. The first-order chi connectivity index (χ1) is 10.7. The van der Waals surface area contributed by atoms with Crippen LogP contribution in [-0.4, -0.2) is 18.4 Å². The van der Waals surface area contributed by atoms with Gasteiger partial charge in [0.25, 0.3) is 0 Å². The molecule has 0 unspecified atom stereocenters. The van der Waals surface area contributed by atoms with E-state index >= 15 is 0 Å². The highest BCUT2D eigenvalue weighted by molar-refractivity contribution is 5.75. The Hall–Kier alpha value is -1.06. The topological polar surface area (TPSA) is 69.2 Å². The molecule has 22 heavy (non-hydrogen) atoms. The van der Waals surface area contributed by atoms with Gasteiger partial charge < -0.3 is 15.2 Å². The first-order valence-corrected chi connectivity index (χ1v) is 9.13. The first kappa shape index (κ1) is 20.9. The number of rotatable bonds is 16. The maximum absolute atomic E-state index is 11.6. The number of carbonyl (C=O) groups is 2. The number of hydrogen-bond acceptors (Lipinski definition) is 3. The summed E-state index contributed by atoms with van der Waals surface area (Å²) in [6.07, 6.45) is 14.4. The molecule has 0 rings (SSSR count). The number of carboxylic acids is 1. The van der Waals surface area contributed by atoms with Gasteiger partial charge in [-0.15, -0.1) is 0 Å². The lowest BCUT2D eigenvalue weighted by molar-refractivity contribution is -0.305. The van der Waals surface area contributed by atoms with E-state index in [-0.39, 0.29) is 12.3 Å². The fourth-order valence-electron chi connectivity index (χ4n) is 2.48.